The van der Waals surface area contributed by atoms with E-state index in [1.165, 1.54) is 0 Å². The lowest BCUT2D eigenvalue weighted by molar-refractivity contribution is 0.318. The van der Waals surface area contributed by atoms with Gasteiger partial charge in [0.05, 0.1) is 5.71 Å². The molecule has 0 saturated heterocycles. The second-order valence-corrected chi connectivity index (χ2v) is 5.93. The second kappa shape index (κ2) is 6.27. The fourth-order valence-corrected chi connectivity index (χ4v) is 3.00. The predicted molar refractivity (Wildman–Crippen MR) is 91.1 cm³/mol. The van der Waals surface area contributed by atoms with Gasteiger partial charge in [0, 0.05) is 41.7 Å². The first-order valence-corrected chi connectivity index (χ1v) is 7.67. The topological polar surface area (TPSA) is 69.9 Å². The van der Waals surface area contributed by atoms with Gasteiger partial charge < -0.3 is 10.5 Å². The van der Waals surface area contributed by atoms with Crippen LogP contribution in [-0.4, -0.2) is 28.8 Å². The van der Waals surface area contributed by atoms with Crippen LogP contribution in [0.2, 0.25) is 0 Å². The Kier molecular flexibility index (Phi) is 4.20. The maximum absolute atomic E-state index is 9.47. The molecule has 1 aromatic heterocycles. The highest BCUT2D eigenvalue weighted by Gasteiger charge is 2.22. The fraction of sp³-hybridized carbons (Fsp3) is 0.188. The number of anilines is 1. The van der Waals surface area contributed by atoms with Crippen LogP contribution in [0.15, 0.2) is 51.1 Å². The van der Waals surface area contributed by atoms with Gasteiger partial charge in [-0.2, -0.15) is 0 Å². The van der Waals surface area contributed by atoms with E-state index >= 15 is 0 Å². The summed E-state index contributed by atoms with van der Waals surface area (Å²) in [5, 5.41) is 16.2. The molecule has 0 saturated carbocycles. The van der Waals surface area contributed by atoms with E-state index in [0.29, 0.717) is 18.6 Å². The zero-order chi connectivity index (χ0) is 15.5. The number of amidine groups is 1. The number of nitrogens with one attached hydrogen (secondary N) is 1. The molecule has 0 aliphatic carbocycles. The number of oxime groups is 1. The molecule has 0 fully saturated rings. The van der Waals surface area contributed by atoms with Gasteiger partial charge in [-0.15, -0.1) is 0 Å². The summed E-state index contributed by atoms with van der Waals surface area (Å²) in [6.07, 6.45) is 2.93. The maximum atomic E-state index is 9.47. The molecule has 1 aromatic carbocycles. The number of aromatic nitrogens is 1. The van der Waals surface area contributed by atoms with Crippen LogP contribution in [0.4, 0.5) is 5.82 Å². The first-order chi connectivity index (χ1) is 10.7. The van der Waals surface area contributed by atoms with Crippen LogP contribution in [0.5, 0.6) is 0 Å². The quantitative estimate of drug-likeness (QED) is 0.502. The van der Waals surface area contributed by atoms with Gasteiger partial charge in [-0.3, -0.25) is 4.99 Å². The van der Waals surface area contributed by atoms with Crippen LogP contribution in [0.3, 0.4) is 0 Å². The number of fused-ring (bicyclic) bond motifs is 1. The SMILES string of the molecule is CN=C1Cc2c(/C(Cc3cccc(Br)c3)=N/O)ccnc2N1. The molecular formula is C16H15BrN4O. The van der Waals surface area contributed by atoms with E-state index in [1.807, 2.05) is 30.3 Å². The Labute approximate surface area is 136 Å². The summed E-state index contributed by atoms with van der Waals surface area (Å²) < 4.78 is 1.00. The number of rotatable bonds is 3. The van der Waals surface area contributed by atoms with Crippen molar-refractivity contribution in [1.29, 1.82) is 0 Å². The Morgan fingerprint density at radius 3 is 3.00 bits per heavy atom. The van der Waals surface area contributed by atoms with Gasteiger partial charge in [-0.05, 0) is 23.8 Å². The van der Waals surface area contributed by atoms with Gasteiger partial charge in [-0.25, -0.2) is 4.98 Å². The van der Waals surface area contributed by atoms with Crippen LogP contribution in [0, 0.1) is 0 Å². The highest BCUT2D eigenvalue weighted by Crippen LogP contribution is 2.26. The maximum Gasteiger partial charge on any atom is 0.135 e. The van der Waals surface area contributed by atoms with E-state index in [4.69, 9.17) is 0 Å². The molecule has 2 N–H and O–H groups in total. The van der Waals surface area contributed by atoms with Crippen LogP contribution >= 0.6 is 15.9 Å². The van der Waals surface area contributed by atoms with Crippen LogP contribution in [0.25, 0.3) is 0 Å². The minimum atomic E-state index is 0.547. The van der Waals surface area contributed by atoms with Crippen molar-refractivity contribution in [3.63, 3.8) is 0 Å². The van der Waals surface area contributed by atoms with E-state index < -0.39 is 0 Å². The first-order valence-electron chi connectivity index (χ1n) is 6.87. The molecule has 0 atom stereocenters. The average molecular weight is 359 g/mol. The third kappa shape index (κ3) is 2.87. The molecule has 0 radical (unpaired) electrons. The number of benzene rings is 1. The van der Waals surface area contributed by atoms with Crippen LogP contribution < -0.4 is 5.32 Å². The first kappa shape index (κ1) is 14.7. The molecule has 22 heavy (non-hydrogen) atoms. The lowest BCUT2D eigenvalue weighted by atomic mass is 9.98. The molecule has 6 heteroatoms. The summed E-state index contributed by atoms with van der Waals surface area (Å²) in [5.41, 5.74) is 3.61. The van der Waals surface area contributed by atoms with Crippen LogP contribution in [-0.2, 0) is 12.8 Å². The lowest BCUT2D eigenvalue weighted by Crippen LogP contribution is -2.09. The molecule has 1 aliphatic rings. The summed E-state index contributed by atoms with van der Waals surface area (Å²) >= 11 is 3.46. The number of hydrogen-bond donors (Lipinski definition) is 2. The van der Waals surface area contributed by atoms with Crippen LogP contribution in [0.1, 0.15) is 16.7 Å². The average Bonchev–Trinajstić information content (AvgIpc) is 2.96. The van der Waals surface area contributed by atoms with Crippen molar-refractivity contribution in [2.24, 2.45) is 10.1 Å². The Bertz CT molecular complexity index is 770. The zero-order valence-corrected chi connectivity index (χ0v) is 13.6. The van der Waals surface area contributed by atoms with E-state index in [1.54, 1.807) is 13.2 Å². The number of halogens is 1. The third-order valence-corrected chi connectivity index (χ3v) is 4.12. The monoisotopic (exact) mass is 358 g/mol. The van der Waals surface area contributed by atoms with E-state index in [0.717, 1.165) is 32.8 Å². The molecule has 2 heterocycles. The summed E-state index contributed by atoms with van der Waals surface area (Å²) in [6, 6.07) is 9.84. The molecule has 2 aromatic rings. The van der Waals surface area contributed by atoms with E-state index in [9.17, 15) is 5.21 Å². The third-order valence-electron chi connectivity index (χ3n) is 3.62. The molecule has 0 unspecified atom stereocenters. The lowest BCUT2D eigenvalue weighted by Gasteiger charge is -2.09. The number of nitrogens with zero attached hydrogens (tertiary/aromatic N) is 3. The smallest absolute Gasteiger partial charge is 0.135 e. The summed E-state index contributed by atoms with van der Waals surface area (Å²) in [7, 11) is 1.75. The molecule has 5 nitrogen and oxygen atoms in total. The highest BCUT2D eigenvalue weighted by atomic mass is 79.9. The van der Waals surface area contributed by atoms with Crippen molar-refractivity contribution in [1.82, 2.24) is 4.98 Å². The van der Waals surface area contributed by atoms with Crippen molar-refractivity contribution in [3.8, 4) is 0 Å². The molecule has 0 amide bonds. The molecule has 1 aliphatic heterocycles. The van der Waals surface area contributed by atoms with Gasteiger partial charge in [0.1, 0.15) is 11.7 Å². The standard InChI is InChI=1S/C16H15BrN4O/c1-18-15-9-13-12(5-6-19-16(13)20-15)14(21-22)8-10-3-2-4-11(17)7-10/h2-7,22H,8-9H2,1H3,(H,18,19,20)/b21-14+. The van der Waals surface area contributed by atoms with Gasteiger partial charge in [-0.1, -0.05) is 33.2 Å². The van der Waals surface area contributed by atoms with E-state index in [-0.39, 0.29) is 0 Å². The zero-order valence-electron chi connectivity index (χ0n) is 12.0. The van der Waals surface area contributed by atoms with Crippen molar-refractivity contribution >= 4 is 33.3 Å². The second-order valence-electron chi connectivity index (χ2n) is 5.01. The fourth-order valence-electron chi connectivity index (χ4n) is 2.56. The Hall–Kier alpha value is -2.21. The Balaban J connectivity index is 1.95. The summed E-state index contributed by atoms with van der Waals surface area (Å²) in [6.45, 7) is 0. The van der Waals surface area contributed by atoms with Gasteiger partial charge >= 0.3 is 0 Å². The summed E-state index contributed by atoms with van der Waals surface area (Å²) in [4.78, 5) is 8.50. The van der Waals surface area contributed by atoms with Crippen molar-refractivity contribution in [3.05, 3.63) is 57.7 Å². The number of pyridine rings is 1. The number of aliphatic imine (C=N–C) groups is 1. The van der Waals surface area contributed by atoms with Gasteiger partial charge in [0.15, 0.2) is 0 Å². The van der Waals surface area contributed by atoms with Crippen molar-refractivity contribution < 1.29 is 5.21 Å². The highest BCUT2D eigenvalue weighted by molar-refractivity contribution is 9.10. The van der Waals surface area contributed by atoms with Crippen molar-refractivity contribution in [2.75, 3.05) is 12.4 Å². The normalized spacial score (nSPS) is 15.7. The molecule has 0 spiro atoms. The van der Waals surface area contributed by atoms with Crippen molar-refractivity contribution in [2.45, 2.75) is 12.8 Å². The molecule has 0 bridgehead atoms. The Morgan fingerprint density at radius 1 is 1.41 bits per heavy atom. The molecular weight excluding hydrogens is 344 g/mol. The summed E-state index contributed by atoms with van der Waals surface area (Å²) in [5.74, 6) is 1.66. The van der Waals surface area contributed by atoms with Gasteiger partial charge in [0.2, 0.25) is 0 Å². The predicted octanol–water partition coefficient (Wildman–Crippen LogP) is 3.26. The largest absolute Gasteiger partial charge is 0.411 e. The molecule has 3 rings (SSSR count). The Morgan fingerprint density at radius 2 is 2.27 bits per heavy atom. The minimum absolute atomic E-state index is 0.547. The minimum Gasteiger partial charge on any atom is -0.411 e. The van der Waals surface area contributed by atoms with E-state index in [2.05, 4.69) is 36.4 Å². The number of hydrogen-bond acceptors (Lipinski definition) is 4. The van der Waals surface area contributed by atoms with Gasteiger partial charge in [0.25, 0.3) is 0 Å². The molecule has 112 valence electrons.